The predicted octanol–water partition coefficient (Wildman–Crippen LogP) is 5.51. The van der Waals surface area contributed by atoms with Crippen LogP contribution in [0.5, 0.6) is 0 Å². The van der Waals surface area contributed by atoms with Gasteiger partial charge in [0.2, 0.25) is 0 Å². The van der Waals surface area contributed by atoms with Crippen molar-refractivity contribution in [3.8, 4) is 0 Å². The van der Waals surface area contributed by atoms with Crippen LogP contribution in [-0.4, -0.2) is 11.6 Å². The molecule has 1 heterocycles. The van der Waals surface area contributed by atoms with E-state index in [0.29, 0.717) is 19.3 Å². The molecule has 29 heavy (non-hydrogen) atoms. The summed E-state index contributed by atoms with van der Waals surface area (Å²) < 4.78 is 0. The summed E-state index contributed by atoms with van der Waals surface area (Å²) in [6, 6.07) is 30.2. The molecule has 0 saturated carbocycles. The van der Waals surface area contributed by atoms with Gasteiger partial charge in [0.15, 0.2) is 0 Å². The summed E-state index contributed by atoms with van der Waals surface area (Å²) in [4.78, 5) is 17.1. The number of amidine groups is 1. The topological polar surface area (TPSA) is 43.5 Å². The first-order chi connectivity index (χ1) is 14.3. The van der Waals surface area contributed by atoms with Crippen molar-refractivity contribution in [1.82, 2.24) is 5.32 Å². The molecule has 143 valence electrons. The van der Waals surface area contributed by atoms with E-state index in [0.717, 1.165) is 40.3 Å². The molecule has 4 rings (SSSR count). The highest BCUT2D eigenvalue weighted by Crippen LogP contribution is 2.31. The van der Waals surface area contributed by atoms with E-state index >= 15 is 0 Å². The molecule has 0 N–H and O–H groups in total. The van der Waals surface area contributed by atoms with Crippen molar-refractivity contribution in [2.75, 3.05) is 0 Å². The van der Waals surface area contributed by atoms with Gasteiger partial charge in [0.25, 0.3) is 0 Å². The minimum atomic E-state index is 0.259. The first-order valence-electron chi connectivity index (χ1n) is 9.99. The molecule has 0 atom stereocenters. The van der Waals surface area contributed by atoms with Crippen molar-refractivity contribution in [3.63, 3.8) is 0 Å². The lowest BCUT2D eigenvalue weighted by Gasteiger charge is -2.06. The summed E-state index contributed by atoms with van der Waals surface area (Å²) in [5.74, 6) is 1.06. The number of carbonyl (C=O) groups is 1. The van der Waals surface area contributed by atoms with Crippen molar-refractivity contribution < 1.29 is 4.79 Å². The highest BCUT2D eigenvalue weighted by atomic mass is 16.1. The van der Waals surface area contributed by atoms with Crippen molar-refractivity contribution in [2.24, 2.45) is 4.99 Å². The molecule has 0 fully saturated rings. The van der Waals surface area contributed by atoms with Gasteiger partial charge in [0.1, 0.15) is 11.6 Å². The molecular weight excluding hydrogens is 356 g/mol. The molecule has 3 aromatic carbocycles. The van der Waals surface area contributed by atoms with E-state index in [1.165, 1.54) is 0 Å². The second-order valence-electron chi connectivity index (χ2n) is 7.12. The maximum atomic E-state index is 12.3. The minimum absolute atomic E-state index is 0.259. The SMILES string of the molecule is O=C(CCCC1=NC(c2ccccc2)=C(c2ccccc2)[N]1)Cc1ccccc1. The van der Waals surface area contributed by atoms with Crippen LogP contribution in [0.15, 0.2) is 96.0 Å². The van der Waals surface area contributed by atoms with E-state index in [9.17, 15) is 4.79 Å². The predicted molar refractivity (Wildman–Crippen MR) is 118 cm³/mol. The van der Waals surface area contributed by atoms with Crippen LogP contribution in [0.4, 0.5) is 0 Å². The van der Waals surface area contributed by atoms with Gasteiger partial charge in [0, 0.05) is 30.4 Å². The van der Waals surface area contributed by atoms with Gasteiger partial charge in [-0.1, -0.05) is 91.0 Å². The largest absolute Gasteiger partial charge is 0.299 e. The first kappa shape index (κ1) is 18.9. The Morgan fingerprint density at radius 1 is 0.690 bits per heavy atom. The molecule has 0 unspecified atom stereocenters. The Balaban J connectivity index is 1.41. The summed E-state index contributed by atoms with van der Waals surface area (Å²) in [7, 11) is 0. The Hall–Kier alpha value is -3.46. The standard InChI is InChI=1S/C26H23N2O/c29-23(19-20-11-4-1-5-12-20)17-10-18-24-27-25(21-13-6-2-7-14-21)26(28-24)22-15-8-3-9-16-22/h1-9,11-16H,10,17-19H2. The lowest BCUT2D eigenvalue weighted by molar-refractivity contribution is -0.118. The van der Waals surface area contributed by atoms with E-state index < -0.39 is 0 Å². The maximum Gasteiger partial charge on any atom is 0.137 e. The van der Waals surface area contributed by atoms with E-state index in [4.69, 9.17) is 10.3 Å². The Kier molecular flexibility index (Phi) is 5.96. The van der Waals surface area contributed by atoms with Crippen molar-refractivity contribution in [3.05, 3.63) is 108 Å². The third kappa shape index (κ3) is 4.88. The van der Waals surface area contributed by atoms with E-state index in [1.54, 1.807) is 0 Å². The van der Waals surface area contributed by atoms with Crippen LogP contribution in [0, 0.1) is 0 Å². The molecular formula is C26H23N2O. The fraction of sp³-hybridized carbons (Fsp3) is 0.154. The monoisotopic (exact) mass is 379 g/mol. The molecule has 0 saturated heterocycles. The van der Waals surface area contributed by atoms with Crippen molar-refractivity contribution >= 4 is 23.0 Å². The first-order valence-corrected chi connectivity index (χ1v) is 9.99. The molecule has 1 aliphatic heterocycles. The second kappa shape index (κ2) is 9.16. The zero-order valence-electron chi connectivity index (χ0n) is 16.3. The number of hydrogen-bond donors (Lipinski definition) is 0. The molecule has 0 amide bonds. The zero-order chi connectivity index (χ0) is 19.9. The van der Waals surface area contributed by atoms with Gasteiger partial charge in [-0.3, -0.25) is 4.79 Å². The molecule has 3 nitrogen and oxygen atoms in total. The highest BCUT2D eigenvalue weighted by molar-refractivity contribution is 6.07. The summed E-state index contributed by atoms with van der Waals surface area (Å²) in [6.07, 6.45) is 2.50. The van der Waals surface area contributed by atoms with Gasteiger partial charge in [-0.15, -0.1) is 0 Å². The third-order valence-corrected chi connectivity index (χ3v) is 4.90. The van der Waals surface area contributed by atoms with Crippen molar-refractivity contribution in [2.45, 2.75) is 25.7 Å². The smallest absolute Gasteiger partial charge is 0.137 e. The lowest BCUT2D eigenvalue weighted by Crippen LogP contribution is -2.11. The quantitative estimate of drug-likeness (QED) is 0.509. The average Bonchev–Trinajstić information content (AvgIpc) is 3.20. The van der Waals surface area contributed by atoms with Gasteiger partial charge >= 0.3 is 0 Å². The zero-order valence-corrected chi connectivity index (χ0v) is 16.3. The molecule has 0 bridgehead atoms. The molecule has 1 radical (unpaired) electrons. The second-order valence-corrected chi connectivity index (χ2v) is 7.12. The fourth-order valence-corrected chi connectivity index (χ4v) is 3.45. The van der Waals surface area contributed by atoms with Gasteiger partial charge in [-0.2, -0.15) is 0 Å². The van der Waals surface area contributed by atoms with Crippen molar-refractivity contribution in [1.29, 1.82) is 0 Å². The number of benzene rings is 3. The van der Waals surface area contributed by atoms with Crippen LogP contribution < -0.4 is 5.32 Å². The van der Waals surface area contributed by atoms with Crippen LogP contribution in [0.25, 0.3) is 11.4 Å². The highest BCUT2D eigenvalue weighted by Gasteiger charge is 2.21. The number of nitrogens with zero attached hydrogens (tertiary/aromatic N) is 2. The molecule has 3 aromatic rings. The Labute approximate surface area is 171 Å². The minimum Gasteiger partial charge on any atom is -0.299 e. The van der Waals surface area contributed by atoms with E-state index in [1.807, 2.05) is 66.7 Å². The maximum absolute atomic E-state index is 12.3. The van der Waals surface area contributed by atoms with E-state index in [2.05, 4.69) is 24.3 Å². The number of Topliss-reactive ketones (excluding diaryl/α,β-unsaturated/α-hetero) is 1. The van der Waals surface area contributed by atoms with Crippen LogP contribution >= 0.6 is 0 Å². The fourth-order valence-electron chi connectivity index (χ4n) is 3.45. The molecule has 0 spiro atoms. The normalized spacial score (nSPS) is 13.2. The van der Waals surface area contributed by atoms with Crippen LogP contribution in [0.1, 0.15) is 36.0 Å². The lowest BCUT2D eigenvalue weighted by atomic mass is 10.0. The number of rotatable bonds is 8. The molecule has 3 heteroatoms. The Morgan fingerprint density at radius 2 is 1.24 bits per heavy atom. The summed E-state index contributed by atoms with van der Waals surface area (Å²) in [6.45, 7) is 0. The van der Waals surface area contributed by atoms with Gasteiger partial charge in [-0.05, 0) is 12.0 Å². The summed E-state index contributed by atoms with van der Waals surface area (Å²) in [5.41, 5.74) is 5.00. The van der Waals surface area contributed by atoms with Gasteiger partial charge in [-0.25, -0.2) is 10.3 Å². The molecule has 0 aliphatic carbocycles. The third-order valence-electron chi connectivity index (χ3n) is 4.90. The van der Waals surface area contributed by atoms with Crippen LogP contribution in [0.3, 0.4) is 0 Å². The van der Waals surface area contributed by atoms with Gasteiger partial charge < -0.3 is 0 Å². The van der Waals surface area contributed by atoms with E-state index in [-0.39, 0.29) is 5.78 Å². The Bertz CT molecular complexity index is 1020. The number of carbonyl (C=O) groups excluding carboxylic acids is 1. The summed E-state index contributed by atoms with van der Waals surface area (Å²) in [5, 5.41) is 4.82. The van der Waals surface area contributed by atoms with Crippen LogP contribution in [-0.2, 0) is 11.2 Å². The summed E-state index contributed by atoms with van der Waals surface area (Å²) >= 11 is 0. The number of ketones is 1. The Morgan fingerprint density at radius 3 is 1.86 bits per heavy atom. The van der Waals surface area contributed by atoms with Gasteiger partial charge in [0.05, 0.1) is 11.4 Å². The van der Waals surface area contributed by atoms with Crippen LogP contribution in [0.2, 0.25) is 0 Å². The molecule has 0 aromatic heterocycles. The average molecular weight is 379 g/mol. The number of aliphatic imine (C=N–C) groups is 1. The molecule has 1 aliphatic rings. The number of hydrogen-bond acceptors (Lipinski definition) is 2.